The fraction of sp³-hybridized carbons (Fsp3) is 0.286. The SMILES string of the molecule is O=C(O[C@@H](CCCl)C(=O)c1ccc(F)cc1)[C@@H]1CC(=O)N(c2cccc(Cl)c2Cl)C1. The van der Waals surface area contributed by atoms with Gasteiger partial charge in [-0.15, -0.1) is 11.6 Å². The number of hydrogen-bond acceptors (Lipinski definition) is 4. The molecule has 158 valence electrons. The molecule has 1 aliphatic heterocycles. The van der Waals surface area contributed by atoms with E-state index in [0.29, 0.717) is 10.7 Å². The van der Waals surface area contributed by atoms with Crippen molar-refractivity contribution in [3.05, 3.63) is 63.9 Å². The number of nitrogens with zero attached hydrogens (tertiary/aromatic N) is 1. The van der Waals surface area contributed by atoms with Gasteiger partial charge in [0.25, 0.3) is 0 Å². The Labute approximate surface area is 187 Å². The van der Waals surface area contributed by atoms with Crippen LogP contribution in [-0.2, 0) is 14.3 Å². The molecule has 9 heteroatoms. The molecule has 0 radical (unpaired) electrons. The van der Waals surface area contributed by atoms with Crippen molar-refractivity contribution in [3.8, 4) is 0 Å². The van der Waals surface area contributed by atoms with Gasteiger partial charge in [-0.3, -0.25) is 14.4 Å². The van der Waals surface area contributed by atoms with E-state index < -0.39 is 29.6 Å². The topological polar surface area (TPSA) is 63.7 Å². The lowest BCUT2D eigenvalue weighted by molar-refractivity contribution is -0.151. The summed E-state index contributed by atoms with van der Waals surface area (Å²) in [6, 6.07) is 9.81. The van der Waals surface area contributed by atoms with E-state index in [0.717, 1.165) is 12.1 Å². The lowest BCUT2D eigenvalue weighted by atomic mass is 10.0. The Morgan fingerprint density at radius 1 is 1.17 bits per heavy atom. The molecule has 0 spiro atoms. The number of carbonyl (C=O) groups is 3. The van der Waals surface area contributed by atoms with Gasteiger partial charge in [0, 0.05) is 30.8 Å². The van der Waals surface area contributed by atoms with E-state index in [1.807, 2.05) is 0 Å². The summed E-state index contributed by atoms with van der Waals surface area (Å²) < 4.78 is 18.5. The van der Waals surface area contributed by atoms with Crippen LogP contribution in [0.5, 0.6) is 0 Å². The number of carbonyl (C=O) groups excluding carboxylic acids is 3. The van der Waals surface area contributed by atoms with Gasteiger partial charge in [-0.2, -0.15) is 0 Å². The van der Waals surface area contributed by atoms with Crippen molar-refractivity contribution in [2.45, 2.75) is 18.9 Å². The van der Waals surface area contributed by atoms with Crippen LogP contribution in [-0.4, -0.2) is 36.2 Å². The van der Waals surface area contributed by atoms with Crippen molar-refractivity contribution >= 4 is 58.1 Å². The smallest absolute Gasteiger partial charge is 0.312 e. The summed E-state index contributed by atoms with van der Waals surface area (Å²) in [7, 11) is 0. The molecule has 1 aliphatic rings. The molecule has 0 aromatic heterocycles. The van der Waals surface area contributed by atoms with Crippen LogP contribution in [0.2, 0.25) is 10.0 Å². The number of alkyl halides is 1. The zero-order chi connectivity index (χ0) is 21.8. The van der Waals surface area contributed by atoms with Crippen LogP contribution in [0.15, 0.2) is 42.5 Å². The first-order valence-electron chi connectivity index (χ1n) is 9.12. The van der Waals surface area contributed by atoms with Crippen LogP contribution in [0.25, 0.3) is 0 Å². The van der Waals surface area contributed by atoms with Crippen molar-refractivity contribution in [2.24, 2.45) is 5.92 Å². The van der Waals surface area contributed by atoms with Crippen molar-refractivity contribution < 1.29 is 23.5 Å². The van der Waals surface area contributed by atoms with Gasteiger partial charge in [-0.05, 0) is 36.4 Å². The number of Topliss-reactive ketones (excluding diaryl/α,β-unsaturated/α-hetero) is 1. The van der Waals surface area contributed by atoms with Gasteiger partial charge in [-0.25, -0.2) is 4.39 Å². The van der Waals surface area contributed by atoms with Crippen LogP contribution in [0.4, 0.5) is 10.1 Å². The first-order valence-corrected chi connectivity index (χ1v) is 10.4. The summed E-state index contributed by atoms with van der Waals surface area (Å²) in [4.78, 5) is 39.2. The largest absolute Gasteiger partial charge is 0.454 e. The van der Waals surface area contributed by atoms with Crippen LogP contribution in [0.3, 0.4) is 0 Å². The Hall–Kier alpha value is -2.15. The first kappa shape index (κ1) is 22.5. The number of ether oxygens (including phenoxy) is 1. The summed E-state index contributed by atoms with van der Waals surface area (Å²) in [6.07, 6.45) is -1.12. The van der Waals surface area contributed by atoms with Gasteiger partial charge in [0.1, 0.15) is 5.82 Å². The summed E-state index contributed by atoms with van der Waals surface area (Å²) in [5.74, 6) is -2.65. The molecule has 2 aromatic rings. The van der Waals surface area contributed by atoms with Crippen LogP contribution in [0, 0.1) is 11.7 Å². The molecule has 1 heterocycles. The highest BCUT2D eigenvalue weighted by molar-refractivity contribution is 6.44. The maximum Gasteiger partial charge on any atom is 0.312 e. The fourth-order valence-electron chi connectivity index (χ4n) is 3.18. The number of anilines is 1. The maximum atomic E-state index is 13.1. The molecule has 0 aliphatic carbocycles. The number of ketones is 1. The maximum absolute atomic E-state index is 13.1. The standard InChI is InChI=1S/C21H17Cl3FNO4/c22-9-8-17(20(28)12-4-6-14(25)7-5-12)30-21(29)13-10-18(27)26(11-13)16-3-1-2-15(23)19(16)24/h1-7,13,17H,8-11H2/t13-,17+/m1/s1. The average Bonchev–Trinajstić information content (AvgIpc) is 3.11. The highest BCUT2D eigenvalue weighted by Gasteiger charge is 2.38. The van der Waals surface area contributed by atoms with Crippen molar-refractivity contribution in [2.75, 3.05) is 17.3 Å². The van der Waals surface area contributed by atoms with Gasteiger partial charge in [0.2, 0.25) is 11.7 Å². The molecule has 1 saturated heterocycles. The third-order valence-corrected chi connectivity index (χ3v) is 5.76. The third-order valence-electron chi connectivity index (χ3n) is 4.73. The molecular formula is C21H17Cl3FNO4. The molecule has 3 rings (SSSR count). The summed E-state index contributed by atoms with van der Waals surface area (Å²) >= 11 is 18.0. The average molecular weight is 473 g/mol. The Kier molecular flexibility index (Phi) is 7.34. The molecule has 30 heavy (non-hydrogen) atoms. The molecule has 1 amide bonds. The molecular weight excluding hydrogens is 456 g/mol. The van der Waals surface area contributed by atoms with E-state index in [9.17, 15) is 18.8 Å². The zero-order valence-corrected chi connectivity index (χ0v) is 17.9. The van der Waals surface area contributed by atoms with E-state index in [4.69, 9.17) is 39.5 Å². The van der Waals surface area contributed by atoms with E-state index in [1.54, 1.807) is 18.2 Å². The third kappa shape index (κ3) is 4.94. The minimum absolute atomic E-state index is 0.0516. The molecule has 0 bridgehead atoms. The normalized spacial score (nSPS) is 17.1. The quantitative estimate of drug-likeness (QED) is 0.326. The predicted molar refractivity (Wildman–Crippen MR) is 113 cm³/mol. The van der Waals surface area contributed by atoms with Crippen molar-refractivity contribution in [1.82, 2.24) is 0 Å². The highest BCUT2D eigenvalue weighted by Crippen LogP contribution is 2.36. The number of rotatable bonds is 7. The molecule has 5 nitrogen and oxygen atoms in total. The molecule has 1 fully saturated rings. The van der Waals surface area contributed by atoms with Crippen LogP contribution in [0.1, 0.15) is 23.2 Å². The van der Waals surface area contributed by atoms with Crippen LogP contribution >= 0.6 is 34.8 Å². The minimum Gasteiger partial charge on any atom is -0.454 e. The lowest BCUT2D eigenvalue weighted by Gasteiger charge is -2.20. The number of hydrogen-bond donors (Lipinski definition) is 0. The minimum atomic E-state index is -1.13. The number of amides is 1. The second-order valence-corrected chi connectivity index (χ2v) is 7.92. The predicted octanol–water partition coefficient (Wildman–Crippen LogP) is 4.91. The Bertz CT molecular complexity index is 967. The number of benzene rings is 2. The second kappa shape index (κ2) is 9.77. The molecule has 2 atom stereocenters. The van der Waals surface area contributed by atoms with Gasteiger partial charge in [-0.1, -0.05) is 29.3 Å². The molecule has 0 N–H and O–H groups in total. The summed E-state index contributed by atoms with van der Waals surface area (Å²) in [6.45, 7) is 0.0516. The van der Waals surface area contributed by atoms with E-state index in [-0.39, 0.29) is 41.8 Å². The van der Waals surface area contributed by atoms with Crippen LogP contribution < -0.4 is 4.90 Å². The molecule has 2 aromatic carbocycles. The van der Waals surface area contributed by atoms with Crippen molar-refractivity contribution in [1.29, 1.82) is 0 Å². The Morgan fingerprint density at radius 2 is 1.87 bits per heavy atom. The summed E-state index contributed by atoms with van der Waals surface area (Å²) in [5, 5.41) is 0.508. The van der Waals surface area contributed by atoms with Gasteiger partial charge in [0.15, 0.2) is 6.10 Å². The Balaban J connectivity index is 1.72. The van der Waals surface area contributed by atoms with Gasteiger partial charge in [0.05, 0.1) is 21.7 Å². The fourth-order valence-corrected chi connectivity index (χ4v) is 3.77. The number of halogens is 4. The monoisotopic (exact) mass is 471 g/mol. The van der Waals surface area contributed by atoms with E-state index in [2.05, 4.69) is 0 Å². The summed E-state index contributed by atoms with van der Waals surface area (Å²) in [5.41, 5.74) is 0.610. The first-order chi connectivity index (χ1) is 14.3. The van der Waals surface area contributed by atoms with Gasteiger partial charge < -0.3 is 9.64 Å². The zero-order valence-electron chi connectivity index (χ0n) is 15.6. The van der Waals surface area contributed by atoms with Gasteiger partial charge >= 0.3 is 5.97 Å². The number of esters is 1. The highest BCUT2D eigenvalue weighted by atomic mass is 35.5. The molecule has 0 saturated carbocycles. The van der Waals surface area contributed by atoms with E-state index >= 15 is 0 Å². The lowest BCUT2D eigenvalue weighted by Crippen LogP contribution is -2.32. The van der Waals surface area contributed by atoms with Crippen molar-refractivity contribution in [3.63, 3.8) is 0 Å². The second-order valence-electron chi connectivity index (χ2n) is 6.75. The molecule has 0 unspecified atom stereocenters. The van der Waals surface area contributed by atoms with E-state index in [1.165, 1.54) is 17.0 Å². The Morgan fingerprint density at radius 3 is 2.53 bits per heavy atom.